The van der Waals surface area contributed by atoms with Crippen LogP contribution in [0, 0.1) is 0 Å². The first-order valence-electron chi connectivity index (χ1n) is 10.5. The fourth-order valence-electron chi connectivity index (χ4n) is 3.43. The van der Waals surface area contributed by atoms with Crippen LogP contribution in [0.5, 0.6) is 0 Å². The van der Waals surface area contributed by atoms with Gasteiger partial charge in [-0.1, -0.05) is 50.7 Å². The maximum absolute atomic E-state index is 12.3. The number of carbonyl (C=O) groups is 3. The van der Waals surface area contributed by atoms with Gasteiger partial charge in [-0.15, -0.1) is 0 Å². The van der Waals surface area contributed by atoms with Gasteiger partial charge in [-0.05, 0) is 45.7 Å². The van der Waals surface area contributed by atoms with Crippen molar-refractivity contribution in [2.24, 2.45) is 0 Å². The summed E-state index contributed by atoms with van der Waals surface area (Å²) in [5.74, 6) is -0.433. The number of amides is 2. The van der Waals surface area contributed by atoms with Crippen molar-refractivity contribution in [3.8, 4) is 0 Å². The van der Waals surface area contributed by atoms with Gasteiger partial charge in [0.05, 0.1) is 11.1 Å². The first kappa shape index (κ1) is 22.1. The quantitative estimate of drug-likeness (QED) is 0.300. The second kappa shape index (κ2) is 10.4. The Morgan fingerprint density at radius 1 is 0.821 bits per heavy atom. The van der Waals surface area contributed by atoms with Gasteiger partial charge in [0.1, 0.15) is 5.60 Å². The summed E-state index contributed by atoms with van der Waals surface area (Å²) in [4.78, 5) is 37.5. The number of fused-ring (bicyclic) bond motifs is 1. The van der Waals surface area contributed by atoms with Crippen LogP contribution in [-0.2, 0) is 9.53 Å². The van der Waals surface area contributed by atoms with Gasteiger partial charge in [0, 0.05) is 13.0 Å². The molecule has 2 amide bonds. The molecule has 0 N–H and O–H groups in total. The summed E-state index contributed by atoms with van der Waals surface area (Å²) in [6.45, 7) is 6.17. The van der Waals surface area contributed by atoms with Gasteiger partial charge >= 0.3 is 5.97 Å². The van der Waals surface area contributed by atoms with E-state index in [1.165, 1.54) is 4.90 Å². The van der Waals surface area contributed by atoms with Crippen molar-refractivity contribution >= 4 is 17.8 Å². The second-order valence-corrected chi connectivity index (χ2v) is 8.47. The lowest BCUT2D eigenvalue weighted by Crippen LogP contribution is -2.30. The molecule has 1 heterocycles. The normalized spacial score (nSPS) is 13.8. The van der Waals surface area contributed by atoms with Crippen LogP contribution < -0.4 is 0 Å². The summed E-state index contributed by atoms with van der Waals surface area (Å²) in [5.41, 5.74) is 0.655. The van der Waals surface area contributed by atoms with Gasteiger partial charge in [-0.3, -0.25) is 19.3 Å². The molecule has 0 radical (unpaired) electrons. The predicted octanol–water partition coefficient (Wildman–Crippen LogP) is 5.14. The molecule has 1 aromatic rings. The molecule has 2 rings (SSSR count). The van der Waals surface area contributed by atoms with Crippen molar-refractivity contribution < 1.29 is 19.1 Å². The van der Waals surface area contributed by atoms with Crippen LogP contribution >= 0.6 is 0 Å². The molecule has 1 aromatic carbocycles. The molecule has 0 spiro atoms. The Hall–Kier alpha value is -2.17. The van der Waals surface area contributed by atoms with Crippen molar-refractivity contribution in [3.05, 3.63) is 35.4 Å². The molecule has 28 heavy (non-hydrogen) atoms. The molecule has 0 aromatic heterocycles. The van der Waals surface area contributed by atoms with Crippen LogP contribution in [0.4, 0.5) is 0 Å². The standard InChI is InChI=1S/C23H33NO4/c1-23(2,3)28-20(25)16-10-8-6-4-5-7-9-13-17-24-21(26)18-14-11-12-15-19(18)22(24)27/h11-12,14-15H,4-10,13,16-17H2,1-3H3. The van der Waals surface area contributed by atoms with Gasteiger partial charge in [-0.25, -0.2) is 0 Å². The summed E-state index contributed by atoms with van der Waals surface area (Å²) in [6, 6.07) is 7.03. The maximum atomic E-state index is 12.3. The zero-order valence-corrected chi connectivity index (χ0v) is 17.5. The molecule has 1 aliphatic rings. The lowest BCUT2D eigenvalue weighted by Gasteiger charge is -2.19. The second-order valence-electron chi connectivity index (χ2n) is 8.47. The number of hydrogen-bond donors (Lipinski definition) is 0. The molecule has 1 aliphatic heterocycles. The maximum Gasteiger partial charge on any atom is 0.306 e. The van der Waals surface area contributed by atoms with Crippen LogP contribution in [-0.4, -0.2) is 34.8 Å². The van der Waals surface area contributed by atoms with E-state index in [0.717, 1.165) is 51.4 Å². The highest BCUT2D eigenvalue weighted by Crippen LogP contribution is 2.23. The average Bonchev–Trinajstić information content (AvgIpc) is 2.87. The van der Waals surface area contributed by atoms with E-state index in [0.29, 0.717) is 24.1 Å². The lowest BCUT2D eigenvalue weighted by molar-refractivity contribution is -0.154. The van der Waals surface area contributed by atoms with E-state index in [9.17, 15) is 14.4 Å². The number of nitrogens with zero attached hydrogens (tertiary/aromatic N) is 1. The van der Waals surface area contributed by atoms with Gasteiger partial charge in [0.15, 0.2) is 0 Å². The SMILES string of the molecule is CC(C)(C)OC(=O)CCCCCCCCCCN1C(=O)c2ccccc2C1=O. The van der Waals surface area contributed by atoms with E-state index in [-0.39, 0.29) is 17.8 Å². The fourth-order valence-corrected chi connectivity index (χ4v) is 3.43. The summed E-state index contributed by atoms with van der Waals surface area (Å²) >= 11 is 0. The Bertz CT molecular complexity index is 655. The molecule has 5 nitrogen and oxygen atoms in total. The highest BCUT2D eigenvalue weighted by atomic mass is 16.6. The monoisotopic (exact) mass is 387 g/mol. The Morgan fingerprint density at radius 3 is 1.79 bits per heavy atom. The van der Waals surface area contributed by atoms with E-state index < -0.39 is 5.60 Å². The molecule has 0 atom stereocenters. The minimum absolute atomic E-state index is 0.111. The Balaban J connectivity index is 1.48. The number of unbranched alkanes of at least 4 members (excludes halogenated alkanes) is 7. The van der Waals surface area contributed by atoms with E-state index in [2.05, 4.69) is 0 Å². The highest BCUT2D eigenvalue weighted by molar-refractivity contribution is 6.21. The van der Waals surface area contributed by atoms with Crippen LogP contribution in [0.2, 0.25) is 0 Å². The number of carbonyl (C=O) groups excluding carboxylic acids is 3. The van der Waals surface area contributed by atoms with Crippen LogP contribution in [0.25, 0.3) is 0 Å². The third-order valence-electron chi connectivity index (χ3n) is 4.81. The minimum atomic E-state index is -0.399. The molecular weight excluding hydrogens is 354 g/mol. The average molecular weight is 388 g/mol. The summed E-state index contributed by atoms with van der Waals surface area (Å²) < 4.78 is 5.30. The summed E-state index contributed by atoms with van der Waals surface area (Å²) in [7, 11) is 0. The van der Waals surface area contributed by atoms with Crippen molar-refractivity contribution in [2.75, 3.05) is 6.54 Å². The first-order valence-corrected chi connectivity index (χ1v) is 10.5. The van der Waals surface area contributed by atoms with Crippen molar-refractivity contribution in [2.45, 2.75) is 84.2 Å². The van der Waals surface area contributed by atoms with E-state index in [1.807, 2.05) is 20.8 Å². The number of benzene rings is 1. The molecule has 0 unspecified atom stereocenters. The topological polar surface area (TPSA) is 63.7 Å². The van der Waals surface area contributed by atoms with E-state index in [1.54, 1.807) is 24.3 Å². The molecule has 154 valence electrons. The number of rotatable bonds is 11. The summed E-state index contributed by atoms with van der Waals surface area (Å²) in [5, 5.41) is 0. The van der Waals surface area contributed by atoms with Crippen molar-refractivity contribution in [1.82, 2.24) is 4.90 Å². The van der Waals surface area contributed by atoms with Crippen molar-refractivity contribution in [3.63, 3.8) is 0 Å². The first-order chi connectivity index (χ1) is 13.3. The molecular formula is C23H33NO4. The lowest BCUT2D eigenvalue weighted by atomic mass is 10.1. The van der Waals surface area contributed by atoms with Gasteiger partial charge in [0.2, 0.25) is 0 Å². The zero-order valence-electron chi connectivity index (χ0n) is 17.5. The number of ether oxygens (including phenoxy) is 1. The molecule has 0 saturated carbocycles. The summed E-state index contributed by atoms with van der Waals surface area (Å²) in [6.07, 6.45) is 8.84. The third-order valence-corrected chi connectivity index (χ3v) is 4.81. The van der Waals surface area contributed by atoms with E-state index >= 15 is 0 Å². The van der Waals surface area contributed by atoms with Crippen molar-refractivity contribution in [1.29, 1.82) is 0 Å². The number of esters is 1. The largest absolute Gasteiger partial charge is 0.460 e. The Kier molecular flexibility index (Phi) is 8.21. The van der Waals surface area contributed by atoms with Gasteiger partial charge in [-0.2, -0.15) is 0 Å². The third kappa shape index (κ3) is 6.77. The Morgan fingerprint density at radius 2 is 1.29 bits per heavy atom. The highest BCUT2D eigenvalue weighted by Gasteiger charge is 2.34. The minimum Gasteiger partial charge on any atom is -0.460 e. The predicted molar refractivity (Wildman–Crippen MR) is 109 cm³/mol. The van der Waals surface area contributed by atoms with E-state index in [4.69, 9.17) is 4.74 Å². The van der Waals surface area contributed by atoms with Gasteiger partial charge in [0.25, 0.3) is 11.8 Å². The molecule has 0 saturated heterocycles. The molecule has 5 heteroatoms. The molecule has 0 bridgehead atoms. The Labute approximate surface area is 168 Å². The van der Waals surface area contributed by atoms with Crippen LogP contribution in [0.3, 0.4) is 0 Å². The molecule has 0 aliphatic carbocycles. The number of hydrogen-bond acceptors (Lipinski definition) is 4. The van der Waals surface area contributed by atoms with Gasteiger partial charge < -0.3 is 4.74 Å². The smallest absolute Gasteiger partial charge is 0.306 e. The zero-order chi connectivity index (χ0) is 20.6. The fraction of sp³-hybridized carbons (Fsp3) is 0.609. The number of imide groups is 1. The molecule has 0 fully saturated rings. The van der Waals surface area contributed by atoms with Crippen LogP contribution in [0.1, 0.15) is 99.3 Å². The van der Waals surface area contributed by atoms with Crippen LogP contribution in [0.15, 0.2) is 24.3 Å².